The number of phenols is 1. The molecule has 0 atom stereocenters. The third-order valence-corrected chi connectivity index (χ3v) is 3.78. The first-order chi connectivity index (χ1) is 8.58. The summed E-state index contributed by atoms with van der Waals surface area (Å²) in [4.78, 5) is 11.9. The number of amides is 1. The molecule has 0 spiro atoms. The fourth-order valence-corrected chi connectivity index (χ4v) is 2.45. The number of carbonyl (C=O) groups is 1. The number of hydrogen-bond donors (Lipinski definition) is 2. The highest BCUT2D eigenvalue weighted by Crippen LogP contribution is 2.18. The highest BCUT2D eigenvalue weighted by molar-refractivity contribution is 7.08. The van der Waals surface area contributed by atoms with Gasteiger partial charge in [0.05, 0.1) is 0 Å². The molecule has 0 saturated carbocycles. The zero-order valence-corrected chi connectivity index (χ0v) is 11.2. The molecule has 1 aromatic carbocycles. The van der Waals surface area contributed by atoms with E-state index in [4.69, 9.17) is 0 Å². The second-order valence-corrected chi connectivity index (χ2v) is 5.01. The van der Waals surface area contributed by atoms with Crippen molar-refractivity contribution >= 4 is 17.2 Å². The first-order valence-electron chi connectivity index (χ1n) is 5.67. The Kier molecular flexibility index (Phi) is 3.67. The Bertz CT molecular complexity index is 575. The predicted molar refractivity (Wildman–Crippen MR) is 73.1 cm³/mol. The van der Waals surface area contributed by atoms with Gasteiger partial charge < -0.3 is 10.4 Å². The van der Waals surface area contributed by atoms with Crippen molar-refractivity contribution in [2.24, 2.45) is 0 Å². The SMILES string of the molecule is Cc1ccc(C(=O)NCc2cscc2C)cc1O. The number of nitrogens with one attached hydrogen (secondary N) is 1. The van der Waals surface area contributed by atoms with Gasteiger partial charge in [-0.2, -0.15) is 11.3 Å². The van der Waals surface area contributed by atoms with Crippen molar-refractivity contribution in [3.05, 3.63) is 51.2 Å². The third kappa shape index (κ3) is 2.71. The summed E-state index contributed by atoms with van der Waals surface area (Å²) in [6, 6.07) is 4.94. The number of thiophene rings is 1. The quantitative estimate of drug-likeness (QED) is 0.892. The summed E-state index contributed by atoms with van der Waals surface area (Å²) in [5, 5.41) is 16.5. The van der Waals surface area contributed by atoms with Gasteiger partial charge in [0.1, 0.15) is 5.75 Å². The zero-order valence-electron chi connectivity index (χ0n) is 10.4. The fourth-order valence-electron chi connectivity index (χ4n) is 1.60. The van der Waals surface area contributed by atoms with E-state index in [2.05, 4.69) is 10.7 Å². The van der Waals surface area contributed by atoms with E-state index in [1.165, 1.54) is 11.6 Å². The molecule has 0 unspecified atom stereocenters. The normalized spacial score (nSPS) is 10.3. The average molecular weight is 261 g/mol. The first-order valence-corrected chi connectivity index (χ1v) is 6.61. The third-order valence-electron chi connectivity index (χ3n) is 2.87. The smallest absolute Gasteiger partial charge is 0.251 e. The minimum absolute atomic E-state index is 0.148. The van der Waals surface area contributed by atoms with Crippen LogP contribution in [0.15, 0.2) is 29.0 Å². The number of hydrogen-bond acceptors (Lipinski definition) is 3. The van der Waals surface area contributed by atoms with Crippen LogP contribution >= 0.6 is 11.3 Å². The van der Waals surface area contributed by atoms with Crippen LogP contribution in [-0.2, 0) is 6.54 Å². The summed E-state index contributed by atoms with van der Waals surface area (Å²) >= 11 is 1.63. The Labute approximate surface area is 110 Å². The topological polar surface area (TPSA) is 49.3 Å². The van der Waals surface area contributed by atoms with Crippen molar-refractivity contribution in [3.63, 3.8) is 0 Å². The van der Waals surface area contributed by atoms with Gasteiger partial charge in [0.15, 0.2) is 0 Å². The molecule has 3 nitrogen and oxygen atoms in total. The Morgan fingerprint density at radius 2 is 2.06 bits per heavy atom. The highest BCUT2D eigenvalue weighted by Gasteiger charge is 2.08. The van der Waals surface area contributed by atoms with Gasteiger partial charge in [0.25, 0.3) is 5.91 Å². The molecule has 0 saturated heterocycles. The highest BCUT2D eigenvalue weighted by atomic mass is 32.1. The van der Waals surface area contributed by atoms with E-state index < -0.39 is 0 Å². The molecule has 0 aliphatic rings. The molecule has 0 aliphatic carbocycles. The van der Waals surface area contributed by atoms with Crippen LogP contribution < -0.4 is 5.32 Å². The van der Waals surface area contributed by atoms with Gasteiger partial charge >= 0.3 is 0 Å². The number of phenolic OH excluding ortho intramolecular Hbond substituents is 1. The van der Waals surface area contributed by atoms with E-state index in [-0.39, 0.29) is 11.7 Å². The van der Waals surface area contributed by atoms with Crippen LogP contribution in [-0.4, -0.2) is 11.0 Å². The molecular weight excluding hydrogens is 246 g/mol. The lowest BCUT2D eigenvalue weighted by atomic mass is 10.1. The van der Waals surface area contributed by atoms with Gasteiger partial charge in [-0.3, -0.25) is 4.79 Å². The van der Waals surface area contributed by atoms with Crippen LogP contribution in [0.2, 0.25) is 0 Å². The molecule has 0 bridgehead atoms. The summed E-state index contributed by atoms with van der Waals surface area (Å²) in [5.41, 5.74) is 3.56. The number of aromatic hydroxyl groups is 1. The van der Waals surface area contributed by atoms with Gasteiger partial charge in [-0.1, -0.05) is 6.07 Å². The Morgan fingerprint density at radius 3 is 2.67 bits per heavy atom. The molecule has 2 aromatic rings. The summed E-state index contributed by atoms with van der Waals surface area (Å²) in [6.45, 7) is 4.34. The van der Waals surface area contributed by atoms with Gasteiger partial charge in [-0.25, -0.2) is 0 Å². The van der Waals surface area contributed by atoms with Crippen molar-refractivity contribution in [1.82, 2.24) is 5.32 Å². The second-order valence-electron chi connectivity index (χ2n) is 4.26. The van der Waals surface area contributed by atoms with Gasteiger partial charge in [-0.15, -0.1) is 0 Å². The molecule has 18 heavy (non-hydrogen) atoms. The number of benzene rings is 1. The van der Waals surface area contributed by atoms with E-state index in [1.807, 2.05) is 12.3 Å². The van der Waals surface area contributed by atoms with E-state index in [9.17, 15) is 9.90 Å². The van der Waals surface area contributed by atoms with Crippen molar-refractivity contribution in [2.75, 3.05) is 0 Å². The van der Waals surface area contributed by atoms with E-state index in [0.717, 1.165) is 11.1 Å². The molecule has 1 amide bonds. The Morgan fingerprint density at radius 1 is 1.28 bits per heavy atom. The van der Waals surface area contributed by atoms with Crippen LogP contribution in [0.1, 0.15) is 27.0 Å². The van der Waals surface area contributed by atoms with Gasteiger partial charge in [-0.05, 0) is 53.4 Å². The second kappa shape index (κ2) is 5.23. The van der Waals surface area contributed by atoms with Crippen molar-refractivity contribution < 1.29 is 9.90 Å². The minimum Gasteiger partial charge on any atom is -0.508 e. The maximum absolute atomic E-state index is 11.9. The van der Waals surface area contributed by atoms with Crippen LogP contribution in [0.3, 0.4) is 0 Å². The summed E-state index contributed by atoms with van der Waals surface area (Å²) in [7, 11) is 0. The van der Waals surface area contributed by atoms with Gasteiger partial charge in [0, 0.05) is 12.1 Å². The van der Waals surface area contributed by atoms with Crippen LogP contribution in [0, 0.1) is 13.8 Å². The molecule has 2 N–H and O–H groups in total. The zero-order chi connectivity index (χ0) is 13.1. The first kappa shape index (κ1) is 12.6. The maximum Gasteiger partial charge on any atom is 0.251 e. The lowest BCUT2D eigenvalue weighted by Gasteiger charge is -2.06. The van der Waals surface area contributed by atoms with E-state index >= 15 is 0 Å². The van der Waals surface area contributed by atoms with Crippen LogP contribution in [0.25, 0.3) is 0 Å². The van der Waals surface area contributed by atoms with Crippen molar-refractivity contribution in [1.29, 1.82) is 0 Å². The minimum atomic E-state index is -0.170. The lowest BCUT2D eigenvalue weighted by molar-refractivity contribution is 0.0950. The molecule has 1 heterocycles. The number of rotatable bonds is 3. The largest absolute Gasteiger partial charge is 0.508 e. The molecule has 94 valence electrons. The van der Waals surface area contributed by atoms with Crippen molar-refractivity contribution in [3.8, 4) is 5.75 Å². The fraction of sp³-hybridized carbons (Fsp3) is 0.214. The van der Waals surface area contributed by atoms with Crippen LogP contribution in [0.5, 0.6) is 5.75 Å². The molecule has 0 aliphatic heterocycles. The predicted octanol–water partition coefficient (Wildman–Crippen LogP) is 3.00. The summed E-state index contributed by atoms with van der Waals surface area (Å²) in [6.07, 6.45) is 0. The Hall–Kier alpha value is -1.81. The summed E-state index contributed by atoms with van der Waals surface area (Å²) < 4.78 is 0. The number of carbonyl (C=O) groups excluding carboxylic acids is 1. The van der Waals surface area contributed by atoms with Crippen LogP contribution in [0.4, 0.5) is 0 Å². The van der Waals surface area contributed by atoms with E-state index in [0.29, 0.717) is 12.1 Å². The Balaban J connectivity index is 2.04. The number of aryl methyl sites for hydroxylation is 2. The average Bonchev–Trinajstić information content (AvgIpc) is 2.75. The van der Waals surface area contributed by atoms with E-state index in [1.54, 1.807) is 30.4 Å². The standard InChI is InChI=1S/C14H15NO2S/c1-9-3-4-11(5-13(9)16)14(17)15-6-12-8-18-7-10(12)2/h3-5,7-8,16H,6H2,1-2H3,(H,15,17). The molecule has 2 rings (SSSR count). The van der Waals surface area contributed by atoms with Crippen molar-refractivity contribution in [2.45, 2.75) is 20.4 Å². The lowest BCUT2D eigenvalue weighted by Crippen LogP contribution is -2.22. The molecular formula is C14H15NO2S. The maximum atomic E-state index is 11.9. The molecule has 0 fully saturated rings. The monoisotopic (exact) mass is 261 g/mol. The summed E-state index contributed by atoms with van der Waals surface area (Å²) in [5.74, 6) is -0.0229. The van der Waals surface area contributed by atoms with Gasteiger partial charge in [0.2, 0.25) is 0 Å². The molecule has 1 aromatic heterocycles. The molecule has 0 radical (unpaired) electrons. The molecule has 4 heteroatoms.